The molecule has 21 heavy (non-hydrogen) atoms. The molecule has 0 spiro atoms. The third kappa shape index (κ3) is 4.44. The number of rotatable bonds is 9. The quantitative estimate of drug-likeness (QED) is 0.566. The summed E-state index contributed by atoms with van der Waals surface area (Å²) in [4.78, 5) is 19.3. The standard InChI is InChI=1S/C14H19N3O3S/c1-2-7-20-8-3-6-17-12-4-5-15-9-11(12)16-14(17)21-10-13(18)19/h4-5,9H,2-3,6-8,10H2,1H3,(H,18,19). The number of nitrogens with zero attached hydrogens (tertiary/aromatic N) is 3. The molecule has 2 rings (SSSR count). The van der Waals surface area contributed by atoms with E-state index in [9.17, 15) is 4.79 Å². The molecule has 7 heteroatoms. The maximum absolute atomic E-state index is 10.7. The molecule has 0 aliphatic heterocycles. The number of carboxylic acids is 1. The number of carbonyl (C=O) groups is 1. The predicted molar refractivity (Wildman–Crippen MR) is 81.6 cm³/mol. The summed E-state index contributed by atoms with van der Waals surface area (Å²) in [6.45, 7) is 4.31. The van der Waals surface area contributed by atoms with Crippen LogP contribution in [-0.4, -0.2) is 44.6 Å². The number of carboxylic acid groups (broad SMARTS) is 1. The number of pyridine rings is 1. The van der Waals surface area contributed by atoms with Gasteiger partial charge in [0.25, 0.3) is 0 Å². The zero-order valence-electron chi connectivity index (χ0n) is 12.0. The van der Waals surface area contributed by atoms with E-state index in [1.54, 1.807) is 12.4 Å². The minimum atomic E-state index is -0.844. The largest absolute Gasteiger partial charge is 0.481 e. The fraction of sp³-hybridized carbons (Fsp3) is 0.500. The van der Waals surface area contributed by atoms with Gasteiger partial charge in [-0.2, -0.15) is 0 Å². The normalized spacial score (nSPS) is 11.1. The Hall–Kier alpha value is -1.60. The predicted octanol–water partition coefficient (Wildman–Crippen LogP) is 2.42. The van der Waals surface area contributed by atoms with Crippen molar-refractivity contribution in [1.29, 1.82) is 0 Å². The van der Waals surface area contributed by atoms with Gasteiger partial charge in [0.05, 0.1) is 17.5 Å². The lowest BCUT2D eigenvalue weighted by Crippen LogP contribution is -2.06. The summed E-state index contributed by atoms with van der Waals surface area (Å²) < 4.78 is 7.53. The molecule has 1 N–H and O–H groups in total. The fourth-order valence-electron chi connectivity index (χ4n) is 1.98. The number of thioether (sulfide) groups is 1. The second-order valence-electron chi connectivity index (χ2n) is 4.56. The van der Waals surface area contributed by atoms with Crippen molar-refractivity contribution in [1.82, 2.24) is 14.5 Å². The van der Waals surface area contributed by atoms with E-state index in [1.807, 2.05) is 10.6 Å². The van der Waals surface area contributed by atoms with Crippen LogP contribution in [0.15, 0.2) is 23.6 Å². The lowest BCUT2D eigenvalue weighted by Gasteiger charge is -2.08. The first-order valence-corrected chi connectivity index (χ1v) is 7.93. The third-order valence-electron chi connectivity index (χ3n) is 2.86. The van der Waals surface area contributed by atoms with Crippen LogP contribution in [0.25, 0.3) is 11.0 Å². The molecule has 2 aromatic heterocycles. The van der Waals surface area contributed by atoms with Crippen LogP contribution in [0.4, 0.5) is 0 Å². The van der Waals surface area contributed by atoms with Crippen LogP contribution in [0.2, 0.25) is 0 Å². The number of imidazole rings is 1. The smallest absolute Gasteiger partial charge is 0.313 e. The molecule has 114 valence electrons. The number of fused-ring (bicyclic) bond motifs is 1. The van der Waals surface area contributed by atoms with Gasteiger partial charge < -0.3 is 14.4 Å². The summed E-state index contributed by atoms with van der Waals surface area (Å²) in [5.41, 5.74) is 1.77. The molecule has 0 radical (unpaired) electrons. The van der Waals surface area contributed by atoms with Gasteiger partial charge in [0.2, 0.25) is 0 Å². The summed E-state index contributed by atoms with van der Waals surface area (Å²) in [5, 5.41) is 9.54. The molecular formula is C14H19N3O3S. The molecule has 0 amide bonds. The lowest BCUT2D eigenvalue weighted by atomic mass is 10.4. The Morgan fingerprint density at radius 2 is 2.33 bits per heavy atom. The van der Waals surface area contributed by atoms with Crippen LogP contribution in [0.1, 0.15) is 19.8 Å². The van der Waals surface area contributed by atoms with Gasteiger partial charge in [-0.15, -0.1) is 0 Å². The Kier molecular flexibility index (Phi) is 6.01. The van der Waals surface area contributed by atoms with Gasteiger partial charge in [0, 0.05) is 26.0 Å². The van der Waals surface area contributed by atoms with Gasteiger partial charge in [-0.05, 0) is 18.9 Å². The van der Waals surface area contributed by atoms with Gasteiger partial charge in [0.15, 0.2) is 5.16 Å². The van der Waals surface area contributed by atoms with E-state index in [2.05, 4.69) is 16.9 Å². The Bertz CT molecular complexity index is 600. The van der Waals surface area contributed by atoms with Crippen molar-refractivity contribution in [3.8, 4) is 0 Å². The molecule has 0 aliphatic carbocycles. The second kappa shape index (κ2) is 7.99. The highest BCUT2D eigenvalue weighted by Crippen LogP contribution is 2.23. The first-order chi connectivity index (χ1) is 10.2. The molecule has 0 aliphatic rings. The van der Waals surface area contributed by atoms with E-state index < -0.39 is 5.97 Å². The van der Waals surface area contributed by atoms with Crippen LogP contribution in [0.5, 0.6) is 0 Å². The van der Waals surface area contributed by atoms with Gasteiger partial charge in [-0.3, -0.25) is 9.78 Å². The first kappa shape index (κ1) is 15.8. The Morgan fingerprint density at radius 1 is 1.48 bits per heavy atom. The lowest BCUT2D eigenvalue weighted by molar-refractivity contribution is -0.133. The van der Waals surface area contributed by atoms with E-state index in [0.717, 1.165) is 42.2 Å². The van der Waals surface area contributed by atoms with Crippen LogP contribution in [0, 0.1) is 0 Å². The van der Waals surface area contributed by atoms with Gasteiger partial charge in [-0.25, -0.2) is 4.98 Å². The molecule has 0 aromatic carbocycles. The van der Waals surface area contributed by atoms with E-state index in [4.69, 9.17) is 9.84 Å². The van der Waals surface area contributed by atoms with Crippen molar-refractivity contribution in [2.45, 2.75) is 31.5 Å². The Morgan fingerprint density at radius 3 is 3.10 bits per heavy atom. The number of aliphatic carboxylic acids is 1. The van der Waals surface area contributed by atoms with Gasteiger partial charge in [-0.1, -0.05) is 18.7 Å². The average molecular weight is 309 g/mol. The summed E-state index contributed by atoms with van der Waals surface area (Å²) in [7, 11) is 0. The molecule has 0 fully saturated rings. The average Bonchev–Trinajstić information content (AvgIpc) is 2.83. The Labute approximate surface area is 127 Å². The van der Waals surface area contributed by atoms with Crippen LogP contribution >= 0.6 is 11.8 Å². The zero-order valence-corrected chi connectivity index (χ0v) is 12.8. The summed E-state index contributed by atoms with van der Waals surface area (Å²) in [6.07, 6.45) is 5.30. The topological polar surface area (TPSA) is 77.2 Å². The molecule has 0 atom stereocenters. The minimum absolute atomic E-state index is 0.00306. The number of hydrogen-bond acceptors (Lipinski definition) is 5. The molecule has 2 heterocycles. The van der Waals surface area contributed by atoms with E-state index in [-0.39, 0.29) is 5.75 Å². The summed E-state index contributed by atoms with van der Waals surface area (Å²) in [6, 6.07) is 1.90. The number of ether oxygens (including phenoxy) is 1. The molecular weight excluding hydrogens is 290 g/mol. The maximum Gasteiger partial charge on any atom is 0.313 e. The Balaban J connectivity index is 2.09. The second-order valence-corrected chi connectivity index (χ2v) is 5.50. The summed E-state index contributed by atoms with van der Waals surface area (Å²) >= 11 is 1.23. The van der Waals surface area contributed by atoms with Crippen LogP contribution in [0.3, 0.4) is 0 Å². The number of aromatic nitrogens is 3. The monoisotopic (exact) mass is 309 g/mol. The summed E-state index contributed by atoms with van der Waals surface area (Å²) in [5.74, 6) is -0.841. The molecule has 0 bridgehead atoms. The first-order valence-electron chi connectivity index (χ1n) is 6.95. The minimum Gasteiger partial charge on any atom is -0.481 e. The highest BCUT2D eigenvalue weighted by atomic mass is 32.2. The molecule has 6 nitrogen and oxygen atoms in total. The van der Waals surface area contributed by atoms with Crippen molar-refractivity contribution < 1.29 is 14.6 Å². The molecule has 0 saturated carbocycles. The van der Waals surface area contributed by atoms with Crippen LogP contribution < -0.4 is 0 Å². The van der Waals surface area contributed by atoms with Crippen LogP contribution in [-0.2, 0) is 16.1 Å². The van der Waals surface area contributed by atoms with Crippen molar-refractivity contribution >= 4 is 28.8 Å². The fourth-order valence-corrected chi connectivity index (χ4v) is 2.74. The van der Waals surface area contributed by atoms with E-state index in [0.29, 0.717) is 6.61 Å². The van der Waals surface area contributed by atoms with E-state index in [1.165, 1.54) is 11.8 Å². The highest BCUT2D eigenvalue weighted by Gasteiger charge is 2.12. The molecule has 0 saturated heterocycles. The number of aryl methyl sites for hydroxylation is 1. The molecule has 2 aromatic rings. The highest BCUT2D eigenvalue weighted by molar-refractivity contribution is 7.99. The number of hydrogen-bond donors (Lipinski definition) is 1. The van der Waals surface area contributed by atoms with Crippen molar-refractivity contribution in [2.75, 3.05) is 19.0 Å². The van der Waals surface area contributed by atoms with Gasteiger partial charge in [0.1, 0.15) is 5.52 Å². The van der Waals surface area contributed by atoms with E-state index >= 15 is 0 Å². The third-order valence-corrected chi connectivity index (χ3v) is 3.82. The van der Waals surface area contributed by atoms with Crippen molar-refractivity contribution in [3.05, 3.63) is 18.5 Å². The SMILES string of the molecule is CCCOCCCn1c(SCC(=O)O)nc2cnccc21. The van der Waals surface area contributed by atoms with Crippen molar-refractivity contribution in [3.63, 3.8) is 0 Å². The zero-order chi connectivity index (χ0) is 15.1. The maximum atomic E-state index is 10.7. The molecule has 0 unspecified atom stereocenters. The van der Waals surface area contributed by atoms with Gasteiger partial charge >= 0.3 is 5.97 Å². The van der Waals surface area contributed by atoms with Crippen molar-refractivity contribution in [2.24, 2.45) is 0 Å².